The van der Waals surface area contributed by atoms with Crippen molar-refractivity contribution in [3.8, 4) is 0 Å². The van der Waals surface area contributed by atoms with Crippen molar-refractivity contribution in [2.24, 2.45) is 14.1 Å². The van der Waals surface area contributed by atoms with Crippen molar-refractivity contribution < 1.29 is 4.57 Å². The van der Waals surface area contributed by atoms with Crippen molar-refractivity contribution in [1.82, 2.24) is 15.0 Å². The van der Waals surface area contributed by atoms with Gasteiger partial charge in [-0.15, -0.1) is 5.10 Å². The van der Waals surface area contributed by atoms with E-state index in [9.17, 15) is 0 Å². The lowest BCUT2D eigenvalue weighted by atomic mass is 10.1. The fraction of sp³-hybridized carbons (Fsp3) is 0.364. The molecule has 2 aromatic heterocycles. The van der Waals surface area contributed by atoms with Crippen LogP contribution in [0.1, 0.15) is 11.3 Å². The smallest absolute Gasteiger partial charge is 0.168 e. The molecule has 2 heterocycles. The first kappa shape index (κ1) is 9.83. The van der Waals surface area contributed by atoms with Crippen molar-refractivity contribution in [3.05, 3.63) is 42.0 Å². The number of pyridine rings is 1. The van der Waals surface area contributed by atoms with Crippen molar-refractivity contribution >= 4 is 0 Å². The summed E-state index contributed by atoms with van der Waals surface area (Å²) in [5.74, 6) is 0. The lowest BCUT2D eigenvalue weighted by Crippen LogP contribution is -2.25. The minimum atomic E-state index is 0.946. The Labute approximate surface area is 89.2 Å². The molecule has 0 saturated carbocycles. The number of hydrogen-bond donors (Lipinski definition) is 0. The molecular weight excluding hydrogens is 188 g/mol. The van der Waals surface area contributed by atoms with E-state index in [1.165, 1.54) is 5.56 Å². The Kier molecular flexibility index (Phi) is 2.76. The molecule has 0 aliphatic rings. The number of aromatic nitrogens is 4. The van der Waals surface area contributed by atoms with E-state index >= 15 is 0 Å². The summed E-state index contributed by atoms with van der Waals surface area (Å²) < 4.78 is 3.77. The van der Waals surface area contributed by atoms with Crippen LogP contribution < -0.4 is 4.57 Å². The number of rotatable bonds is 3. The highest BCUT2D eigenvalue weighted by Crippen LogP contribution is 2.02. The molecular formula is C11H15N4+. The second kappa shape index (κ2) is 4.21. The largest absolute Gasteiger partial charge is 0.255 e. The molecule has 78 valence electrons. The van der Waals surface area contributed by atoms with E-state index in [1.54, 1.807) is 4.68 Å². The molecule has 4 heteroatoms. The molecule has 0 saturated heterocycles. The van der Waals surface area contributed by atoms with Crippen LogP contribution in [0.15, 0.2) is 30.7 Å². The van der Waals surface area contributed by atoms with E-state index in [0.717, 1.165) is 18.5 Å². The highest BCUT2D eigenvalue weighted by Gasteiger charge is 2.00. The molecule has 0 aromatic carbocycles. The van der Waals surface area contributed by atoms with Crippen LogP contribution in [0, 0.1) is 0 Å². The van der Waals surface area contributed by atoms with Gasteiger partial charge in [-0.05, 0) is 18.4 Å². The van der Waals surface area contributed by atoms with Gasteiger partial charge in [-0.3, -0.25) is 4.68 Å². The van der Waals surface area contributed by atoms with Crippen LogP contribution in [-0.2, 0) is 26.9 Å². The standard InChI is InChI=1S/C11H15N4/c1-14-7-5-10(6-8-14)3-4-11-9-15(2)13-12-11/h5-9H,3-4H2,1-2H3/q+1. The van der Waals surface area contributed by atoms with Gasteiger partial charge >= 0.3 is 0 Å². The third-order valence-corrected chi connectivity index (χ3v) is 2.37. The van der Waals surface area contributed by atoms with E-state index in [-0.39, 0.29) is 0 Å². The summed E-state index contributed by atoms with van der Waals surface area (Å²) in [4.78, 5) is 0. The Bertz CT molecular complexity index is 430. The third kappa shape index (κ3) is 2.62. The topological polar surface area (TPSA) is 34.6 Å². The van der Waals surface area contributed by atoms with Crippen LogP contribution >= 0.6 is 0 Å². The van der Waals surface area contributed by atoms with E-state index < -0.39 is 0 Å². The van der Waals surface area contributed by atoms with Crippen molar-refractivity contribution in [1.29, 1.82) is 0 Å². The Hall–Kier alpha value is -1.71. The first-order valence-corrected chi connectivity index (χ1v) is 5.03. The molecule has 0 spiro atoms. The highest BCUT2D eigenvalue weighted by atomic mass is 15.4. The zero-order chi connectivity index (χ0) is 10.7. The quantitative estimate of drug-likeness (QED) is 0.678. The second-order valence-electron chi connectivity index (χ2n) is 3.76. The minimum absolute atomic E-state index is 0.946. The third-order valence-electron chi connectivity index (χ3n) is 2.37. The second-order valence-corrected chi connectivity index (χ2v) is 3.76. The average molecular weight is 203 g/mol. The molecule has 0 amide bonds. The van der Waals surface area contributed by atoms with Crippen LogP contribution in [0.3, 0.4) is 0 Å². The zero-order valence-electron chi connectivity index (χ0n) is 9.09. The summed E-state index contributed by atoms with van der Waals surface area (Å²) in [6, 6.07) is 4.27. The molecule has 0 atom stereocenters. The normalized spacial score (nSPS) is 10.5. The van der Waals surface area contributed by atoms with Gasteiger partial charge in [-0.2, -0.15) is 0 Å². The summed E-state index contributed by atoms with van der Waals surface area (Å²) in [7, 11) is 3.91. The van der Waals surface area contributed by atoms with Gasteiger partial charge in [-0.1, -0.05) is 5.21 Å². The van der Waals surface area contributed by atoms with Crippen LogP contribution in [0.25, 0.3) is 0 Å². The molecule has 0 unspecified atom stereocenters. The van der Waals surface area contributed by atoms with Gasteiger partial charge < -0.3 is 0 Å². The maximum Gasteiger partial charge on any atom is 0.168 e. The van der Waals surface area contributed by atoms with Gasteiger partial charge in [0.2, 0.25) is 0 Å². The predicted octanol–water partition coefficient (Wildman–Crippen LogP) is 0.425. The van der Waals surface area contributed by atoms with Crippen LogP contribution in [-0.4, -0.2) is 15.0 Å². The Morgan fingerprint density at radius 3 is 2.60 bits per heavy atom. The molecule has 2 rings (SSSR count). The van der Waals surface area contributed by atoms with Crippen LogP contribution in [0.4, 0.5) is 0 Å². The molecule has 0 radical (unpaired) electrons. The SMILES string of the molecule is Cn1cc(CCc2cc[n+](C)cc2)nn1. The molecule has 0 aliphatic heterocycles. The van der Waals surface area contributed by atoms with E-state index in [2.05, 4.69) is 34.8 Å². The van der Waals surface area contributed by atoms with Gasteiger partial charge in [0.15, 0.2) is 12.4 Å². The van der Waals surface area contributed by atoms with Gasteiger partial charge in [0.25, 0.3) is 0 Å². The molecule has 0 fully saturated rings. The maximum absolute atomic E-state index is 4.06. The van der Waals surface area contributed by atoms with Crippen LogP contribution in [0.2, 0.25) is 0 Å². The molecule has 15 heavy (non-hydrogen) atoms. The predicted molar refractivity (Wildman–Crippen MR) is 56.0 cm³/mol. The number of hydrogen-bond acceptors (Lipinski definition) is 2. The number of aryl methyl sites for hydroxylation is 4. The summed E-state index contributed by atoms with van der Waals surface area (Å²) in [5, 5.41) is 7.96. The highest BCUT2D eigenvalue weighted by molar-refractivity contribution is 5.09. The summed E-state index contributed by atoms with van der Waals surface area (Å²) in [6.45, 7) is 0. The van der Waals surface area contributed by atoms with E-state index in [4.69, 9.17) is 0 Å². The lowest BCUT2D eigenvalue weighted by Gasteiger charge is -1.96. The van der Waals surface area contributed by atoms with Crippen molar-refractivity contribution in [2.75, 3.05) is 0 Å². The Balaban J connectivity index is 1.96. The van der Waals surface area contributed by atoms with Crippen LogP contribution in [0.5, 0.6) is 0 Å². The first-order chi connectivity index (χ1) is 7.24. The van der Waals surface area contributed by atoms with E-state index in [0.29, 0.717) is 0 Å². The Morgan fingerprint density at radius 1 is 1.27 bits per heavy atom. The van der Waals surface area contributed by atoms with Gasteiger partial charge in [0, 0.05) is 25.4 Å². The minimum Gasteiger partial charge on any atom is -0.255 e. The Morgan fingerprint density at radius 2 is 2.00 bits per heavy atom. The molecule has 0 N–H and O–H groups in total. The summed E-state index contributed by atoms with van der Waals surface area (Å²) >= 11 is 0. The van der Waals surface area contributed by atoms with Gasteiger partial charge in [-0.25, -0.2) is 4.57 Å². The fourth-order valence-electron chi connectivity index (χ4n) is 1.48. The fourth-order valence-corrected chi connectivity index (χ4v) is 1.48. The zero-order valence-corrected chi connectivity index (χ0v) is 9.09. The molecule has 0 bridgehead atoms. The monoisotopic (exact) mass is 203 g/mol. The van der Waals surface area contributed by atoms with E-state index in [1.807, 2.05) is 24.9 Å². The van der Waals surface area contributed by atoms with Gasteiger partial charge in [0.1, 0.15) is 7.05 Å². The molecule has 4 nitrogen and oxygen atoms in total. The maximum atomic E-state index is 4.06. The van der Waals surface area contributed by atoms with Gasteiger partial charge in [0.05, 0.1) is 5.69 Å². The summed E-state index contributed by atoms with van der Waals surface area (Å²) in [5.41, 5.74) is 2.38. The summed E-state index contributed by atoms with van der Waals surface area (Å²) in [6.07, 6.45) is 8.04. The first-order valence-electron chi connectivity index (χ1n) is 5.03. The van der Waals surface area contributed by atoms with Crippen molar-refractivity contribution in [2.45, 2.75) is 12.8 Å². The average Bonchev–Trinajstić information content (AvgIpc) is 2.64. The molecule has 2 aromatic rings. The lowest BCUT2D eigenvalue weighted by molar-refractivity contribution is -0.671. The molecule has 0 aliphatic carbocycles. The van der Waals surface area contributed by atoms with Crippen molar-refractivity contribution in [3.63, 3.8) is 0 Å². The number of nitrogens with zero attached hydrogens (tertiary/aromatic N) is 4.